The number of oxazole rings is 1. The Kier molecular flexibility index (Phi) is 4.57. The molecule has 4 nitrogen and oxygen atoms in total. The highest BCUT2D eigenvalue weighted by molar-refractivity contribution is 4.96. The normalized spacial score (nSPS) is 21.0. The molecule has 1 aliphatic heterocycles. The van der Waals surface area contributed by atoms with Crippen LogP contribution in [0.2, 0.25) is 0 Å². The van der Waals surface area contributed by atoms with Crippen LogP contribution in [0.3, 0.4) is 0 Å². The topological polar surface area (TPSA) is 47.3 Å². The van der Waals surface area contributed by atoms with E-state index < -0.39 is 0 Å². The molecule has 17 heavy (non-hydrogen) atoms. The lowest BCUT2D eigenvalue weighted by molar-refractivity contribution is 0.0138. The maximum atomic E-state index is 5.69. The maximum Gasteiger partial charge on any atom is 0.208 e. The predicted molar refractivity (Wildman–Crippen MR) is 65.8 cm³/mol. The Labute approximate surface area is 103 Å². The van der Waals surface area contributed by atoms with Gasteiger partial charge < -0.3 is 14.5 Å². The smallest absolute Gasteiger partial charge is 0.208 e. The summed E-state index contributed by atoms with van der Waals surface area (Å²) in [5, 5.41) is 3.29. The molecule has 1 aromatic rings. The largest absolute Gasteiger partial charge is 0.444 e. The van der Waals surface area contributed by atoms with Crippen LogP contribution < -0.4 is 5.32 Å². The van der Waals surface area contributed by atoms with Gasteiger partial charge in [0.15, 0.2) is 0 Å². The van der Waals surface area contributed by atoms with E-state index >= 15 is 0 Å². The van der Waals surface area contributed by atoms with E-state index in [1.165, 1.54) is 12.8 Å². The molecule has 0 bridgehead atoms. The lowest BCUT2D eigenvalue weighted by Crippen LogP contribution is -2.22. The van der Waals surface area contributed by atoms with Gasteiger partial charge in [0.05, 0.1) is 18.8 Å². The Bertz CT molecular complexity index is 330. The molecule has 1 saturated heterocycles. The second-order valence-electron chi connectivity index (χ2n) is 4.95. The molecular formula is C13H22N2O2. The molecule has 1 aromatic heterocycles. The highest BCUT2D eigenvalue weighted by Crippen LogP contribution is 2.17. The van der Waals surface area contributed by atoms with E-state index in [2.05, 4.69) is 24.1 Å². The van der Waals surface area contributed by atoms with Crippen LogP contribution in [0.1, 0.15) is 44.8 Å². The van der Waals surface area contributed by atoms with Crippen molar-refractivity contribution in [3.8, 4) is 0 Å². The third-order valence-corrected chi connectivity index (χ3v) is 2.97. The molecule has 2 rings (SSSR count). The second-order valence-corrected chi connectivity index (χ2v) is 4.95. The maximum absolute atomic E-state index is 5.69. The number of rotatable bonds is 5. The predicted octanol–water partition coefficient (Wildman–Crippen LogP) is 2.28. The van der Waals surface area contributed by atoms with Crippen molar-refractivity contribution in [2.75, 3.05) is 6.61 Å². The molecule has 0 aliphatic carbocycles. The van der Waals surface area contributed by atoms with E-state index in [1.807, 2.05) is 6.20 Å². The van der Waals surface area contributed by atoms with Gasteiger partial charge in [0.2, 0.25) is 5.89 Å². The molecule has 1 N–H and O–H groups in total. The summed E-state index contributed by atoms with van der Waals surface area (Å²) in [6.07, 6.45) is 6.60. The van der Waals surface area contributed by atoms with E-state index in [0.717, 1.165) is 31.1 Å². The molecule has 2 heterocycles. The molecule has 0 aromatic carbocycles. The summed E-state index contributed by atoms with van der Waals surface area (Å²) in [5.41, 5.74) is 0. The van der Waals surface area contributed by atoms with Gasteiger partial charge in [0.25, 0.3) is 0 Å². The number of hydrogen-bond acceptors (Lipinski definition) is 4. The monoisotopic (exact) mass is 238 g/mol. The summed E-state index contributed by atoms with van der Waals surface area (Å²) < 4.78 is 11.4. The van der Waals surface area contributed by atoms with Crippen molar-refractivity contribution in [3.63, 3.8) is 0 Å². The van der Waals surface area contributed by atoms with Crippen molar-refractivity contribution in [2.24, 2.45) is 0 Å². The summed E-state index contributed by atoms with van der Waals surface area (Å²) in [4.78, 5) is 4.27. The van der Waals surface area contributed by atoms with Crippen molar-refractivity contribution in [1.29, 1.82) is 0 Å². The Balaban J connectivity index is 1.80. The van der Waals surface area contributed by atoms with Crippen LogP contribution >= 0.6 is 0 Å². The zero-order valence-electron chi connectivity index (χ0n) is 10.7. The van der Waals surface area contributed by atoms with Gasteiger partial charge in [-0.3, -0.25) is 0 Å². The van der Waals surface area contributed by atoms with Crippen molar-refractivity contribution in [2.45, 2.75) is 58.2 Å². The van der Waals surface area contributed by atoms with Gasteiger partial charge in [-0.25, -0.2) is 4.98 Å². The highest BCUT2D eigenvalue weighted by atomic mass is 16.5. The van der Waals surface area contributed by atoms with Crippen molar-refractivity contribution < 1.29 is 9.15 Å². The molecule has 0 saturated carbocycles. The first-order valence-electron chi connectivity index (χ1n) is 6.52. The van der Waals surface area contributed by atoms with Gasteiger partial charge in [-0.2, -0.15) is 0 Å². The summed E-state index contributed by atoms with van der Waals surface area (Å²) in [5.74, 6) is 1.71. The highest BCUT2D eigenvalue weighted by Gasteiger charge is 2.16. The van der Waals surface area contributed by atoms with E-state index in [1.54, 1.807) is 0 Å². The molecule has 1 unspecified atom stereocenters. The first kappa shape index (κ1) is 12.6. The van der Waals surface area contributed by atoms with Crippen molar-refractivity contribution in [3.05, 3.63) is 17.8 Å². The van der Waals surface area contributed by atoms with Gasteiger partial charge in [-0.15, -0.1) is 0 Å². The van der Waals surface area contributed by atoms with Crippen LogP contribution in [-0.2, 0) is 17.7 Å². The van der Waals surface area contributed by atoms with Crippen LogP contribution in [0.5, 0.6) is 0 Å². The Hall–Kier alpha value is -0.870. The zero-order chi connectivity index (χ0) is 12.1. The van der Waals surface area contributed by atoms with Gasteiger partial charge in [0, 0.05) is 19.1 Å². The molecule has 0 radical (unpaired) electrons. The first-order valence-corrected chi connectivity index (χ1v) is 6.52. The third-order valence-electron chi connectivity index (χ3n) is 2.97. The summed E-state index contributed by atoms with van der Waals surface area (Å²) in [6, 6.07) is 0.451. The fraction of sp³-hybridized carbons (Fsp3) is 0.769. The van der Waals surface area contributed by atoms with Crippen molar-refractivity contribution in [1.82, 2.24) is 10.3 Å². The fourth-order valence-corrected chi connectivity index (χ4v) is 2.01. The molecule has 4 heteroatoms. The second kappa shape index (κ2) is 6.17. The lowest BCUT2D eigenvalue weighted by atomic mass is 10.1. The minimum absolute atomic E-state index is 0.322. The minimum Gasteiger partial charge on any atom is -0.444 e. The lowest BCUT2D eigenvalue weighted by Gasteiger charge is -2.21. The summed E-state index contributed by atoms with van der Waals surface area (Å²) in [7, 11) is 0. The minimum atomic E-state index is 0.322. The van der Waals surface area contributed by atoms with E-state index in [4.69, 9.17) is 9.15 Å². The Morgan fingerprint density at radius 1 is 1.47 bits per heavy atom. The molecule has 0 spiro atoms. The number of aromatic nitrogens is 1. The van der Waals surface area contributed by atoms with Crippen LogP contribution in [0.25, 0.3) is 0 Å². The molecule has 0 amide bonds. The van der Waals surface area contributed by atoms with E-state index in [-0.39, 0.29) is 0 Å². The van der Waals surface area contributed by atoms with Gasteiger partial charge >= 0.3 is 0 Å². The SMILES string of the molecule is CC(C)NCc1ncc(CC2CCCCO2)o1. The number of ether oxygens (including phenoxy) is 1. The van der Waals surface area contributed by atoms with Crippen LogP contribution in [0, 0.1) is 0 Å². The van der Waals surface area contributed by atoms with Crippen LogP contribution in [0.15, 0.2) is 10.6 Å². The first-order chi connectivity index (χ1) is 8.24. The fourth-order valence-electron chi connectivity index (χ4n) is 2.01. The molecule has 1 atom stereocenters. The van der Waals surface area contributed by atoms with E-state index in [0.29, 0.717) is 18.7 Å². The molecule has 96 valence electrons. The van der Waals surface area contributed by atoms with Gasteiger partial charge in [-0.1, -0.05) is 13.8 Å². The number of nitrogens with zero attached hydrogens (tertiary/aromatic N) is 1. The van der Waals surface area contributed by atoms with Gasteiger partial charge in [0.1, 0.15) is 5.76 Å². The quantitative estimate of drug-likeness (QED) is 0.855. The number of nitrogens with one attached hydrogen (secondary N) is 1. The Morgan fingerprint density at radius 3 is 3.06 bits per heavy atom. The van der Waals surface area contributed by atoms with E-state index in [9.17, 15) is 0 Å². The zero-order valence-corrected chi connectivity index (χ0v) is 10.7. The van der Waals surface area contributed by atoms with Crippen LogP contribution in [0.4, 0.5) is 0 Å². The number of hydrogen-bond donors (Lipinski definition) is 1. The average Bonchev–Trinajstić information content (AvgIpc) is 2.75. The van der Waals surface area contributed by atoms with Crippen molar-refractivity contribution >= 4 is 0 Å². The average molecular weight is 238 g/mol. The summed E-state index contributed by atoms with van der Waals surface area (Å²) >= 11 is 0. The van der Waals surface area contributed by atoms with Gasteiger partial charge in [-0.05, 0) is 19.3 Å². The standard InChI is InChI=1S/C13H22N2O2/c1-10(2)14-9-13-15-8-12(17-13)7-11-5-3-4-6-16-11/h8,10-11,14H,3-7,9H2,1-2H3. The molecule has 1 aliphatic rings. The Morgan fingerprint density at radius 2 is 2.35 bits per heavy atom. The third kappa shape index (κ3) is 4.13. The van der Waals surface area contributed by atoms with Crippen LogP contribution in [-0.4, -0.2) is 23.7 Å². The summed E-state index contributed by atoms with van der Waals surface area (Å²) in [6.45, 7) is 5.81. The molecular weight excluding hydrogens is 216 g/mol. The molecule has 1 fully saturated rings.